The molecule has 9 heteroatoms. The van der Waals surface area contributed by atoms with E-state index in [1.54, 1.807) is 0 Å². The van der Waals surface area contributed by atoms with E-state index in [1.165, 1.54) is 173 Å². The highest BCUT2D eigenvalue weighted by atomic mass is 31.2. The number of aliphatic hydroxyl groups is 1. The van der Waals surface area contributed by atoms with Gasteiger partial charge in [0.2, 0.25) is 5.91 Å². The molecule has 52 heavy (non-hydrogen) atoms. The zero-order chi connectivity index (χ0) is 38.2. The molecule has 3 unspecified atom stereocenters. The first-order valence-electron chi connectivity index (χ1n) is 22.7. The summed E-state index contributed by atoms with van der Waals surface area (Å²) in [7, 11) is -4.31. The molecule has 0 aliphatic rings. The quantitative estimate of drug-likeness (QED) is 0.0359. The second-order valence-corrected chi connectivity index (χ2v) is 17.1. The maximum Gasteiger partial charge on any atom is 0.472 e. The molecular formula is C43H89N2O6P. The molecule has 312 valence electrons. The van der Waals surface area contributed by atoms with Crippen LogP contribution in [0.4, 0.5) is 0 Å². The monoisotopic (exact) mass is 761 g/mol. The van der Waals surface area contributed by atoms with Crippen molar-refractivity contribution in [3.8, 4) is 0 Å². The largest absolute Gasteiger partial charge is 0.472 e. The summed E-state index contributed by atoms with van der Waals surface area (Å²) in [6, 6.07) is -0.767. The summed E-state index contributed by atoms with van der Waals surface area (Å²) in [4.78, 5) is 22.7. The minimum Gasteiger partial charge on any atom is -0.391 e. The topological polar surface area (TPSA) is 131 Å². The first-order chi connectivity index (χ1) is 25.4. The molecule has 0 fully saturated rings. The highest BCUT2D eigenvalue weighted by Crippen LogP contribution is 2.43. The number of carbonyl (C=O) groups excluding carboxylic acids is 1. The van der Waals surface area contributed by atoms with Gasteiger partial charge < -0.3 is 21.1 Å². The van der Waals surface area contributed by atoms with Gasteiger partial charge in [0, 0.05) is 13.0 Å². The molecule has 0 heterocycles. The van der Waals surface area contributed by atoms with Gasteiger partial charge in [0.05, 0.1) is 25.4 Å². The lowest BCUT2D eigenvalue weighted by Crippen LogP contribution is -2.46. The van der Waals surface area contributed by atoms with Gasteiger partial charge in [-0.25, -0.2) is 4.57 Å². The smallest absolute Gasteiger partial charge is 0.391 e. The third-order valence-electron chi connectivity index (χ3n) is 10.5. The van der Waals surface area contributed by atoms with Crippen molar-refractivity contribution in [2.45, 2.75) is 251 Å². The Morgan fingerprint density at radius 1 is 0.558 bits per heavy atom. The number of hydrogen-bond donors (Lipinski definition) is 4. The molecule has 0 aromatic rings. The molecule has 0 bridgehead atoms. The molecule has 0 aromatic carbocycles. The second kappa shape index (κ2) is 40.2. The minimum atomic E-state index is -4.31. The van der Waals surface area contributed by atoms with Gasteiger partial charge in [-0.1, -0.05) is 219 Å². The summed E-state index contributed by atoms with van der Waals surface area (Å²) in [5.74, 6) is -0.157. The van der Waals surface area contributed by atoms with Gasteiger partial charge in [0.1, 0.15) is 0 Å². The van der Waals surface area contributed by atoms with Crippen LogP contribution in [0.3, 0.4) is 0 Å². The Labute approximate surface area is 322 Å². The van der Waals surface area contributed by atoms with Crippen molar-refractivity contribution in [2.75, 3.05) is 19.8 Å². The zero-order valence-corrected chi connectivity index (χ0v) is 35.5. The van der Waals surface area contributed by atoms with Crippen LogP contribution >= 0.6 is 7.82 Å². The fraction of sp³-hybridized carbons (Fsp3) is 0.977. The van der Waals surface area contributed by atoms with Gasteiger partial charge in [-0.15, -0.1) is 0 Å². The summed E-state index contributed by atoms with van der Waals surface area (Å²) in [5, 5.41) is 13.8. The number of rotatable bonds is 43. The zero-order valence-electron chi connectivity index (χ0n) is 34.6. The fourth-order valence-corrected chi connectivity index (χ4v) is 7.78. The Morgan fingerprint density at radius 2 is 0.885 bits per heavy atom. The van der Waals surface area contributed by atoms with Crippen LogP contribution in [0.5, 0.6) is 0 Å². The summed E-state index contributed by atoms with van der Waals surface area (Å²) in [5.41, 5.74) is 5.38. The molecule has 1 amide bonds. The molecule has 0 radical (unpaired) electrons. The number of nitrogens with one attached hydrogen (secondary N) is 1. The Kier molecular flexibility index (Phi) is 39.8. The van der Waals surface area contributed by atoms with Gasteiger partial charge in [-0.3, -0.25) is 13.8 Å². The van der Waals surface area contributed by atoms with Crippen molar-refractivity contribution >= 4 is 13.7 Å². The highest BCUT2D eigenvalue weighted by molar-refractivity contribution is 7.47. The fourth-order valence-electron chi connectivity index (χ4n) is 7.02. The number of aliphatic hydroxyl groups excluding tert-OH is 1. The number of unbranched alkanes of at least 4 members (excludes halogenated alkanes) is 31. The molecule has 0 rings (SSSR count). The van der Waals surface area contributed by atoms with Crippen molar-refractivity contribution in [1.82, 2.24) is 5.32 Å². The molecule has 0 aliphatic carbocycles. The third-order valence-corrected chi connectivity index (χ3v) is 11.4. The van der Waals surface area contributed by atoms with E-state index < -0.39 is 20.0 Å². The van der Waals surface area contributed by atoms with Crippen molar-refractivity contribution in [1.29, 1.82) is 0 Å². The van der Waals surface area contributed by atoms with Gasteiger partial charge in [0.15, 0.2) is 0 Å². The Morgan fingerprint density at radius 3 is 1.23 bits per heavy atom. The number of phosphoric ester groups is 1. The molecule has 0 spiro atoms. The summed E-state index contributed by atoms with van der Waals surface area (Å²) in [6.07, 6.45) is 42.5. The lowest BCUT2D eigenvalue weighted by molar-refractivity contribution is -0.123. The van der Waals surface area contributed by atoms with Crippen molar-refractivity contribution in [3.05, 3.63) is 0 Å². The SMILES string of the molecule is CCCCCCCCCCCCCCCCCCCCCC(O)C(COP(=O)(O)OCCN)NC(=O)CCCCCCCCCCCCCCCC. The van der Waals surface area contributed by atoms with Crippen LogP contribution in [0.1, 0.15) is 239 Å². The van der Waals surface area contributed by atoms with Crippen LogP contribution in [-0.2, 0) is 18.4 Å². The highest BCUT2D eigenvalue weighted by Gasteiger charge is 2.27. The van der Waals surface area contributed by atoms with Gasteiger partial charge in [-0.2, -0.15) is 0 Å². The molecule has 0 aromatic heterocycles. The molecule has 8 nitrogen and oxygen atoms in total. The van der Waals surface area contributed by atoms with Gasteiger partial charge in [0.25, 0.3) is 0 Å². The minimum absolute atomic E-state index is 0.0926. The Balaban J connectivity index is 4.08. The van der Waals surface area contributed by atoms with E-state index in [1.807, 2.05) is 0 Å². The van der Waals surface area contributed by atoms with Crippen molar-refractivity contribution < 1.29 is 28.4 Å². The van der Waals surface area contributed by atoms with E-state index in [0.717, 1.165) is 38.5 Å². The van der Waals surface area contributed by atoms with E-state index in [9.17, 15) is 19.4 Å². The number of carbonyl (C=O) groups is 1. The predicted molar refractivity (Wildman–Crippen MR) is 222 cm³/mol. The van der Waals surface area contributed by atoms with Crippen LogP contribution in [0.15, 0.2) is 0 Å². The van der Waals surface area contributed by atoms with Gasteiger partial charge in [-0.05, 0) is 12.8 Å². The molecule has 3 atom stereocenters. The first kappa shape index (κ1) is 51.5. The molecule has 0 aliphatic heterocycles. The lowest BCUT2D eigenvalue weighted by Gasteiger charge is -2.25. The molecule has 5 N–H and O–H groups in total. The van der Waals surface area contributed by atoms with Gasteiger partial charge >= 0.3 is 7.82 Å². The van der Waals surface area contributed by atoms with E-state index in [2.05, 4.69) is 19.2 Å². The normalized spacial score (nSPS) is 14.0. The number of phosphoric acid groups is 1. The second-order valence-electron chi connectivity index (χ2n) is 15.6. The van der Waals surface area contributed by atoms with Crippen LogP contribution < -0.4 is 11.1 Å². The van der Waals surface area contributed by atoms with E-state index in [4.69, 9.17) is 14.8 Å². The van der Waals surface area contributed by atoms with Crippen molar-refractivity contribution in [2.24, 2.45) is 5.73 Å². The maximum atomic E-state index is 12.8. The van der Waals surface area contributed by atoms with Crippen LogP contribution in [0.2, 0.25) is 0 Å². The Hall–Kier alpha value is -0.500. The van der Waals surface area contributed by atoms with Crippen LogP contribution in [0.25, 0.3) is 0 Å². The molecule has 0 saturated carbocycles. The summed E-state index contributed by atoms with van der Waals surface area (Å²) < 4.78 is 22.2. The summed E-state index contributed by atoms with van der Waals surface area (Å²) in [6.45, 7) is 4.24. The van der Waals surface area contributed by atoms with E-state index >= 15 is 0 Å². The standard InChI is InChI=1S/C43H89N2O6P/c1-3-5-7-9-11-13-15-17-19-20-21-22-23-24-26-28-30-32-34-36-42(46)41(40-51-52(48,49)50-39-38-44)45-43(47)37-35-33-31-29-27-25-18-16-14-12-10-8-6-4-2/h41-42,46H,3-40,44H2,1-2H3,(H,45,47)(H,48,49). The summed E-state index contributed by atoms with van der Waals surface area (Å²) >= 11 is 0. The predicted octanol–water partition coefficient (Wildman–Crippen LogP) is 12.6. The lowest BCUT2D eigenvalue weighted by atomic mass is 10.0. The van der Waals surface area contributed by atoms with Crippen molar-refractivity contribution in [3.63, 3.8) is 0 Å². The molecule has 0 saturated heterocycles. The van der Waals surface area contributed by atoms with Crippen LogP contribution in [-0.4, -0.2) is 47.8 Å². The average Bonchev–Trinajstić information content (AvgIpc) is 3.13. The van der Waals surface area contributed by atoms with E-state index in [-0.39, 0.29) is 25.7 Å². The third kappa shape index (κ3) is 37.8. The number of amides is 1. The first-order valence-corrected chi connectivity index (χ1v) is 24.1. The van der Waals surface area contributed by atoms with E-state index in [0.29, 0.717) is 12.8 Å². The maximum absolute atomic E-state index is 12.8. The Bertz CT molecular complexity index is 789. The molecular weight excluding hydrogens is 671 g/mol. The number of nitrogens with two attached hydrogens (primary N) is 1. The number of hydrogen-bond acceptors (Lipinski definition) is 6. The average molecular weight is 761 g/mol. The van der Waals surface area contributed by atoms with Crippen LogP contribution in [0, 0.1) is 0 Å².